The Morgan fingerprint density at radius 3 is 1.21 bits per heavy atom. The fourth-order valence-electron chi connectivity index (χ4n) is 6.25. The minimum atomic E-state index is -2.72. The van der Waals surface area contributed by atoms with Crippen LogP contribution in [0.1, 0.15) is 93.4 Å². The van der Waals surface area contributed by atoms with Crippen molar-refractivity contribution in [3.05, 3.63) is 65.2 Å². The lowest BCUT2D eigenvalue weighted by Gasteiger charge is -2.35. The molecule has 0 aromatic heterocycles. The maximum absolute atomic E-state index is 13.9. The van der Waals surface area contributed by atoms with E-state index in [1.165, 1.54) is 12.1 Å². The molecular formula is C45H42O25. The van der Waals surface area contributed by atoms with Gasteiger partial charge in [-0.25, -0.2) is 14.4 Å². The molecule has 70 heavy (non-hydrogen) atoms. The molecule has 3 aromatic rings. The quantitative estimate of drug-likeness (QED) is 0.107. The maximum atomic E-state index is 13.9. The van der Waals surface area contributed by atoms with Gasteiger partial charge in [0.2, 0.25) is 17.1 Å². The zero-order valence-electron chi connectivity index (χ0n) is 38.5. The van der Waals surface area contributed by atoms with Crippen molar-refractivity contribution in [1.82, 2.24) is 0 Å². The summed E-state index contributed by atoms with van der Waals surface area (Å²) >= 11 is 0. The molecule has 0 spiro atoms. The molecule has 1 saturated heterocycles. The van der Waals surface area contributed by atoms with E-state index in [2.05, 4.69) is 0 Å². The van der Waals surface area contributed by atoms with Crippen LogP contribution in [-0.4, -0.2) is 109 Å². The van der Waals surface area contributed by atoms with Crippen LogP contribution in [0.15, 0.2) is 48.5 Å². The number of rotatable bonds is 17. The third-order valence-corrected chi connectivity index (χ3v) is 8.54. The summed E-state index contributed by atoms with van der Waals surface area (Å²) in [6.07, 6.45) is -6.09. The summed E-state index contributed by atoms with van der Waals surface area (Å²) in [7, 11) is 0. The molecule has 4 rings (SSSR count). The fourth-order valence-corrected chi connectivity index (χ4v) is 6.25. The number of hydrogen-bond donors (Lipinski definition) is 0. The normalized spacial score (nSPS) is 16.7. The Labute approximate surface area is 395 Å². The van der Waals surface area contributed by atoms with Crippen LogP contribution in [0.2, 0.25) is 0 Å². The molecule has 372 valence electrons. The minimum Gasteiger partial charge on any atom is -0.459 e. The predicted octanol–water partition coefficient (Wildman–Crippen LogP) is 2.99. The highest BCUT2D eigenvalue weighted by Gasteiger charge is 2.65. The van der Waals surface area contributed by atoms with Crippen molar-refractivity contribution in [3.8, 4) is 40.2 Å². The van der Waals surface area contributed by atoms with E-state index in [1.807, 2.05) is 0 Å². The number of benzene rings is 3. The van der Waals surface area contributed by atoms with Gasteiger partial charge in [-0.15, -0.1) is 0 Å². The lowest BCUT2D eigenvalue weighted by molar-refractivity contribution is -0.219. The second-order valence-corrected chi connectivity index (χ2v) is 14.4. The van der Waals surface area contributed by atoms with Crippen molar-refractivity contribution in [3.63, 3.8) is 0 Å². The van der Waals surface area contributed by atoms with Crippen molar-refractivity contribution in [1.29, 1.82) is 0 Å². The largest absolute Gasteiger partial charge is 0.459 e. The summed E-state index contributed by atoms with van der Waals surface area (Å²) in [4.78, 5) is 151. The molecule has 4 atom stereocenters. The van der Waals surface area contributed by atoms with E-state index < -0.39 is 155 Å². The summed E-state index contributed by atoms with van der Waals surface area (Å²) in [5.41, 5.74) is -4.03. The SMILES string of the molecule is CC(=O)Oc1ccc(C(=O)OC2OC(COC(=O)c3cc(OC(C)=O)c(OC(C)=O)c(OC(C)=O)c3)C(OC(C)=O)C2(COC(=O)c2cc(OC(C)=O)c(OC(C)=O)c(OC(C)=O)c2)OC(C)=O)cc1. The molecule has 0 bridgehead atoms. The van der Waals surface area contributed by atoms with E-state index in [-0.39, 0.29) is 11.3 Å². The molecule has 4 unspecified atom stereocenters. The van der Waals surface area contributed by atoms with Crippen LogP contribution in [0.3, 0.4) is 0 Å². The third kappa shape index (κ3) is 14.6. The van der Waals surface area contributed by atoms with Crippen LogP contribution in [0.25, 0.3) is 0 Å². The third-order valence-electron chi connectivity index (χ3n) is 8.54. The summed E-state index contributed by atoms with van der Waals surface area (Å²) in [5.74, 6) is -16.2. The first-order chi connectivity index (χ1) is 32.8. The first-order valence-corrected chi connectivity index (χ1v) is 20.1. The van der Waals surface area contributed by atoms with Crippen LogP contribution in [0.4, 0.5) is 0 Å². The Bertz CT molecular complexity index is 2550. The Balaban J connectivity index is 1.84. The molecule has 0 N–H and O–H groups in total. The van der Waals surface area contributed by atoms with Gasteiger partial charge < -0.3 is 61.6 Å². The van der Waals surface area contributed by atoms with Crippen LogP contribution in [0.5, 0.6) is 40.2 Å². The number of hydrogen-bond acceptors (Lipinski definition) is 25. The smallest absolute Gasteiger partial charge is 0.340 e. The van der Waals surface area contributed by atoms with Crippen LogP contribution in [-0.2, 0) is 71.6 Å². The second kappa shape index (κ2) is 23.3. The second-order valence-electron chi connectivity index (χ2n) is 14.4. The number of ether oxygens (including phenoxy) is 13. The molecule has 3 aromatic carbocycles. The Kier molecular flexibility index (Phi) is 17.9. The van der Waals surface area contributed by atoms with Gasteiger partial charge in [0.25, 0.3) is 6.29 Å². The Hall–Kier alpha value is -8.74. The molecule has 25 heteroatoms. The Morgan fingerprint density at radius 2 is 0.843 bits per heavy atom. The monoisotopic (exact) mass is 982 g/mol. The first-order valence-electron chi connectivity index (χ1n) is 20.1. The van der Waals surface area contributed by atoms with E-state index in [4.69, 9.17) is 61.6 Å². The predicted molar refractivity (Wildman–Crippen MR) is 223 cm³/mol. The van der Waals surface area contributed by atoms with E-state index in [0.29, 0.717) is 0 Å². The highest BCUT2D eigenvalue weighted by atomic mass is 16.8. The van der Waals surface area contributed by atoms with Crippen molar-refractivity contribution in [2.24, 2.45) is 0 Å². The van der Waals surface area contributed by atoms with Gasteiger partial charge >= 0.3 is 71.6 Å². The first kappa shape index (κ1) is 53.9. The van der Waals surface area contributed by atoms with Crippen molar-refractivity contribution < 1.29 is 119 Å². The molecule has 1 aliphatic rings. The average Bonchev–Trinajstić information content (AvgIpc) is 3.49. The summed E-state index contributed by atoms with van der Waals surface area (Å²) in [6.45, 7) is 6.45. The van der Waals surface area contributed by atoms with E-state index in [1.54, 1.807) is 0 Å². The van der Waals surface area contributed by atoms with Gasteiger partial charge in [-0.3, -0.25) is 43.2 Å². The molecule has 25 nitrogen and oxygen atoms in total. The van der Waals surface area contributed by atoms with Crippen molar-refractivity contribution in [2.75, 3.05) is 13.2 Å². The molecule has 0 radical (unpaired) electrons. The van der Waals surface area contributed by atoms with Gasteiger partial charge in [-0.1, -0.05) is 0 Å². The number of esters is 12. The zero-order chi connectivity index (χ0) is 52.2. The van der Waals surface area contributed by atoms with Gasteiger partial charge in [-0.05, 0) is 48.5 Å². The standard InChI is InChI=1S/C45H42O25/c1-20(46)60-32-12-10-29(11-13-32)43(57)69-44-45(70-28(9)54,19-59-42(56)31-16-35(63-23(4)49)39(66-26(7)52)36(17-31)64-24(5)50)40(67-27(8)53)37(68-44)18-58-41(55)30-14-33(61-21(2)47)38(65-25(6)51)34(15-30)62-22(3)48/h10-17,37,40,44H,18-19H2,1-9H3. The van der Waals surface area contributed by atoms with Crippen LogP contribution >= 0.6 is 0 Å². The summed E-state index contributed by atoms with van der Waals surface area (Å²) < 4.78 is 69.5. The molecule has 1 aliphatic heterocycles. The van der Waals surface area contributed by atoms with Crippen LogP contribution in [0, 0.1) is 0 Å². The highest BCUT2D eigenvalue weighted by molar-refractivity contribution is 5.94. The van der Waals surface area contributed by atoms with Gasteiger partial charge in [-0.2, -0.15) is 0 Å². The fraction of sp³-hybridized carbons (Fsp3) is 0.333. The lowest BCUT2D eigenvalue weighted by atomic mass is 9.95. The molecule has 1 fully saturated rings. The van der Waals surface area contributed by atoms with Gasteiger partial charge in [0, 0.05) is 62.3 Å². The average molecular weight is 983 g/mol. The summed E-state index contributed by atoms with van der Waals surface area (Å²) in [6, 6.07) is 8.22. The topological polar surface area (TPSA) is 325 Å². The number of carbonyl (C=O) groups excluding carboxylic acids is 12. The lowest BCUT2D eigenvalue weighted by Crippen LogP contribution is -2.58. The molecule has 0 aliphatic carbocycles. The van der Waals surface area contributed by atoms with Crippen molar-refractivity contribution >= 4 is 71.6 Å². The molecule has 0 amide bonds. The van der Waals surface area contributed by atoms with E-state index in [0.717, 1.165) is 98.7 Å². The molecular weight excluding hydrogens is 940 g/mol. The molecule has 0 saturated carbocycles. The molecule has 1 heterocycles. The van der Waals surface area contributed by atoms with Crippen LogP contribution < -0.4 is 33.2 Å². The minimum absolute atomic E-state index is 0.0229. The van der Waals surface area contributed by atoms with Crippen molar-refractivity contribution in [2.45, 2.75) is 86.4 Å². The number of carbonyl (C=O) groups is 12. The maximum Gasteiger partial charge on any atom is 0.340 e. The van der Waals surface area contributed by atoms with Gasteiger partial charge in [0.15, 0.2) is 29.1 Å². The van der Waals surface area contributed by atoms with Gasteiger partial charge in [0.05, 0.1) is 16.7 Å². The highest BCUT2D eigenvalue weighted by Crippen LogP contribution is 2.43. The van der Waals surface area contributed by atoms with Gasteiger partial charge in [0.1, 0.15) is 25.1 Å². The zero-order valence-corrected chi connectivity index (χ0v) is 38.5. The Morgan fingerprint density at radius 1 is 0.443 bits per heavy atom. The van der Waals surface area contributed by atoms with E-state index >= 15 is 0 Å². The van der Waals surface area contributed by atoms with E-state index in [9.17, 15) is 57.5 Å². The summed E-state index contributed by atoms with van der Waals surface area (Å²) in [5, 5.41) is 0.